The van der Waals surface area contributed by atoms with E-state index in [1.807, 2.05) is 6.92 Å². The topological polar surface area (TPSA) is 18.5 Å². The highest BCUT2D eigenvalue weighted by molar-refractivity contribution is 7.98. The Kier molecular flexibility index (Phi) is 4.07. The molecule has 0 aliphatic carbocycles. The Labute approximate surface area is 87.4 Å². The monoisotopic (exact) mass is 216 g/mol. The molecule has 0 aromatic heterocycles. The lowest BCUT2D eigenvalue weighted by Crippen LogP contribution is -1.97. The predicted molar refractivity (Wildman–Crippen MR) is 55.9 cm³/mol. The quantitative estimate of drug-likeness (QED) is 0.721. The van der Waals surface area contributed by atoms with Crippen LogP contribution in [-0.2, 0) is 0 Å². The molecule has 14 heavy (non-hydrogen) atoms. The number of benzene rings is 1. The molecule has 0 atom stereocenters. The van der Waals surface area contributed by atoms with E-state index in [4.69, 9.17) is 9.47 Å². The summed E-state index contributed by atoms with van der Waals surface area (Å²) in [5.41, 5.74) is 0. The molecule has 0 unspecified atom stereocenters. The first-order valence-corrected chi connectivity index (χ1v) is 5.50. The lowest BCUT2D eigenvalue weighted by molar-refractivity contribution is 0.314. The Morgan fingerprint density at radius 2 is 2.00 bits per heavy atom. The zero-order valence-corrected chi connectivity index (χ0v) is 9.28. The summed E-state index contributed by atoms with van der Waals surface area (Å²) in [5.74, 6) is 0.467. The molecule has 0 heterocycles. The van der Waals surface area contributed by atoms with Crippen LogP contribution >= 0.6 is 11.8 Å². The highest BCUT2D eigenvalue weighted by Crippen LogP contribution is 2.35. The molecule has 2 nitrogen and oxygen atoms in total. The second kappa shape index (κ2) is 5.10. The zero-order valence-electron chi connectivity index (χ0n) is 8.46. The average molecular weight is 216 g/mol. The van der Waals surface area contributed by atoms with Crippen molar-refractivity contribution in [3.63, 3.8) is 0 Å². The summed E-state index contributed by atoms with van der Waals surface area (Å²) in [5, 5.41) is 0. The summed E-state index contributed by atoms with van der Waals surface area (Å²) in [6, 6.07) is 3.29. The van der Waals surface area contributed by atoms with E-state index < -0.39 is 0 Å². The first kappa shape index (κ1) is 11.2. The van der Waals surface area contributed by atoms with Crippen molar-refractivity contribution in [2.45, 2.75) is 11.8 Å². The number of methoxy groups -OCH3 is 1. The van der Waals surface area contributed by atoms with Crippen LogP contribution in [0, 0.1) is 5.82 Å². The fourth-order valence-corrected chi connectivity index (χ4v) is 1.77. The van der Waals surface area contributed by atoms with Gasteiger partial charge in [0.2, 0.25) is 0 Å². The first-order chi connectivity index (χ1) is 6.74. The molecule has 78 valence electrons. The van der Waals surface area contributed by atoms with Crippen LogP contribution in [-0.4, -0.2) is 20.0 Å². The summed E-state index contributed by atoms with van der Waals surface area (Å²) >= 11 is 1.31. The predicted octanol–water partition coefficient (Wildman–Crippen LogP) is 2.95. The molecular formula is C10H13FO2S. The SMILES string of the molecule is CCOc1ccc(OC)c(SC)c1F. The smallest absolute Gasteiger partial charge is 0.182 e. The van der Waals surface area contributed by atoms with E-state index in [0.29, 0.717) is 17.3 Å². The largest absolute Gasteiger partial charge is 0.495 e. The van der Waals surface area contributed by atoms with E-state index in [0.717, 1.165) is 0 Å². The Morgan fingerprint density at radius 3 is 2.50 bits per heavy atom. The van der Waals surface area contributed by atoms with Crippen molar-refractivity contribution in [2.24, 2.45) is 0 Å². The van der Waals surface area contributed by atoms with Gasteiger partial charge in [-0.2, -0.15) is 0 Å². The number of thioether (sulfide) groups is 1. The molecule has 0 spiro atoms. The average Bonchev–Trinajstić information content (AvgIpc) is 2.21. The van der Waals surface area contributed by atoms with Crippen molar-refractivity contribution < 1.29 is 13.9 Å². The Bertz CT molecular complexity index is 315. The Balaban J connectivity index is 3.13. The summed E-state index contributed by atoms with van der Waals surface area (Å²) < 4.78 is 23.9. The van der Waals surface area contributed by atoms with Crippen molar-refractivity contribution >= 4 is 11.8 Å². The van der Waals surface area contributed by atoms with Crippen molar-refractivity contribution in [3.8, 4) is 11.5 Å². The van der Waals surface area contributed by atoms with Gasteiger partial charge in [0.25, 0.3) is 0 Å². The normalized spacial score (nSPS) is 10.0. The molecule has 0 aliphatic rings. The Hall–Kier alpha value is -0.900. The van der Waals surface area contributed by atoms with Crippen LogP contribution in [0.3, 0.4) is 0 Å². The molecular weight excluding hydrogens is 203 g/mol. The molecule has 1 aromatic rings. The second-order valence-corrected chi connectivity index (χ2v) is 3.36. The van der Waals surface area contributed by atoms with E-state index >= 15 is 0 Å². The van der Waals surface area contributed by atoms with Crippen LogP contribution < -0.4 is 9.47 Å². The molecule has 0 radical (unpaired) electrons. The summed E-state index contributed by atoms with van der Waals surface area (Å²) in [6.07, 6.45) is 1.80. The van der Waals surface area contributed by atoms with Gasteiger partial charge in [0.1, 0.15) is 5.75 Å². The van der Waals surface area contributed by atoms with E-state index in [1.54, 1.807) is 18.4 Å². The van der Waals surface area contributed by atoms with Crippen LogP contribution in [0.15, 0.2) is 17.0 Å². The van der Waals surface area contributed by atoms with Crippen LogP contribution in [0.25, 0.3) is 0 Å². The summed E-state index contributed by atoms with van der Waals surface area (Å²) in [6.45, 7) is 2.28. The van der Waals surface area contributed by atoms with Crippen LogP contribution in [0.4, 0.5) is 4.39 Å². The van der Waals surface area contributed by atoms with Gasteiger partial charge in [-0.05, 0) is 25.3 Å². The number of hydrogen-bond donors (Lipinski definition) is 0. The molecule has 1 rings (SSSR count). The van der Waals surface area contributed by atoms with Crippen LogP contribution in [0.2, 0.25) is 0 Å². The second-order valence-electron chi connectivity index (χ2n) is 2.55. The number of hydrogen-bond acceptors (Lipinski definition) is 3. The van der Waals surface area contributed by atoms with Gasteiger partial charge in [-0.3, -0.25) is 0 Å². The van der Waals surface area contributed by atoms with Gasteiger partial charge >= 0.3 is 0 Å². The molecule has 0 bridgehead atoms. The maximum absolute atomic E-state index is 13.7. The molecule has 1 aromatic carbocycles. The molecule has 0 N–H and O–H groups in total. The van der Waals surface area contributed by atoms with Crippen molar-refractivity contribution in [3.05, 3.63) is 17.9 Å². The highest BCUT2D eigenvalue weighted by atomic mass is 32.2. The number of rotatable bonds is 4. The lowest BCUT2D eigenvalue weighted by atomic mass is 10.3. The first-order valence-electron chi connectivity index (χ1n) is 4.27. The van der Waals surface area contributed by atoms with Gasteiger partial charge in [0, 0.05) is 0 Å². The van der Waals surface area contributed by atoms with Crippen molar-refractivity contribution in [1.29, 1.82) is 0 Å². The number of halogens is 1. The third-order valence-corrected chi connectivity index (χ3v) is 2.54. The standard InChI is InChI=1S/C10H13FO2S/c1-4-13-7-5-6-8(12-2)10(14-3)9(7)11/h5-6H,4H2,1-3H3. The van der Waals surface area contributed by atoms with E-state index in [-0.39, 0.29) is 11.6 Å². The maximum atomic E-state index is 13.7. The number of ether oxygens (including phenoxy) is 2. The third kappa shape index (κ3) is 2.12. The molecule has 0 aliphatic heterocycles. The minimum absolute atomic E-state index is 0.276. The third-order valence-electron chi connectivity index (χ3n) is 1.75. The van der Waals surface area contributed by atoms with Gasteiger partial charge in [-0.1, -0.05) is 0 Å². The van der Waals surface area contributed by atoms with Gasteiger partial charge in [0.15, 0.2) is 11.6 Å². The molecule has 4 heteroatoms. The van der Waals surface area contributed by atoms with Crippen molar-refractivity contribution in [1.82, 2.24) is 0 Å². The van der Waals surface area contributed by atoms with Crippen LogP contribution in [0.5, 0.6) is 11.5 Å². The van der Waals surface area contributed by atoms with E-state index in [1.165, 1.54) is 18.9 Å². The summed E-state index contributed by atoms with van der Waals surface area (Å²) in [4.78, 5) is 0.485. The Morgan fingerprint density at radius 1 is 1.36 bits per heavy atom. The van der Waals surface area contributed by atoms with Gasteiger partial charge < -0.3 is 9.47 Å². The lowest BCUT2D eigenvalue weighted by Gasteiger charge is -2.10. The molecule has 0 amide bonds. The van der Waals surface area contributed by atoms with Crippen LogP contribution in [0.1, 0.15) is 6.92 Å². The maximum Gasteiger partial charge on any atom is 0.182 e. The minimum Gasteiger partial charge on any atom is -0.495 e. The van der Waals surface area contributed by atoms with Gasteiger partial charge in [0.05, 0.1) is 18.6 Å². The van der Waals surface area contributed by atoms with Gasteiger partial charge in [-0.25, -0.2) is 4.39 Å². The molecule has 0 fully saturated rings. The van der Waals surface area contributed by atoms with E-state index in [9.17, 15) is 4.39 Å². The fourth-order valence-electron chi connectivity index (χ4n) is 1.14. The minimum atomic E-state index is -0.348. The van der Waals surface area contributed by atoms with Crippen molar-refractivity contribution in [2.75, 3.05) is 20.0 Å². The zero-order chi connectivity index (χ0) is 10.6. The highest BCUT2D eigenvalue weighted by Gasteiger charge is 2.13. The summed E-state index contributed by atoms with van der Waals surface area (Å²) in [7, 11) is 1.52. The molecule has 0 saturated heterocycles. The van der Waals surface area contributed by atoms with E-state index in [2.05, 4.69) is 0 Å². The fraction of sp³-hybridized carbons (Fsp3) is 0.400. The molecule has 0 saturated carbocycles. The van der Waals surface area contributed by atoms with Gasteiger partial charge in [-0.15, -0.1) is 11.8 Å².